The van der Waals surface area contributed by atoms with Gasteiger partial charge in [-0.15, -0.1) is 10.2 Å². The zero-order chi connectivity index (χ0) is 17.4. The molecule has 0 radical (unpaired) electrons. The van der Waals surface area contributed by atoms with E-state index in [-0.39, 0.29) is 17.9 Å². The van der Waals surface area contributed by atoms with Gasteiger partial charge in [0.05, 0.1) is 6.61 Å². The number of amides is 1. The van der Waals surface area contributed by atoms with Crippen LogP contribution in [-0.4, -0.2) is 68.3 Å². The fourth-order valence-electron chi connectivity index (χ4n) is 4.16. The van der Waals surface area contributed by atoms with Gasteiger partial charge in [-0.05, 0) is 19.3 Å². The Bertz CT molecular complexity index is 792. The van der Waals surface area contributed by atoms with E-state index in [2.05, 4.69) is 20.1 Å². The third-order valence-corrected chi connectivity index (χ3v) is 5.41. The highest BCUT2D eigenvalue weighted by Crippen LogP contribution is 2.40. The number of piperidine rings is 2. The molecule has 134 valence electrons. The lowest BCUT2D eigenvalue weighted by Crippen LogP contribution is -2.54. The van der Waals surface area contributed by atoms with Crippen molar-refractivity contribution in [1.29, 1.82) is 0 Å². The highest BCUT2D eigenvalue weighted by atomic mass is 16.3. The summed E-state index contributed by atoms with van der Waals surface area (Å²) in [5.74, 6) is 1.32. The minimum absolute atomic E-state index is 0.00712. The van der Waals surface area contributed by atoms with Crippen LogP contribution in [0.4, 0.5) is 11.8 Å². The van der Waals surface area contributed by atoms with E-state index in [0.29, 0.717) is 31.1 Å². The molecule has 3 N–H and O–H groups in total. The molecule has 9 nitrogen and oxygen atoms in total. The van der Waals surface area contributed by atoms with Crippen molar-refractivity contribution < 1.29 is 9.90 Å². The van der Waals surface area contributed by atoms with Crippen molar-refractivity contribution in [2.75, 3.05) is 43.4 Å². The van der Waals surface area contributed by atoms with Crippen LogP contribution in [0.5, 0.6) is 0 Å². The maximum absolute atomic E-state index is 12.1. The number of hydrogen-bond acceptors (Lipinski definition) is 7. The molecule has 25 heavy (non-hydrogen) atoms. The van der Waals surface area contributed by atoms with Crippen LogP contribution in [-0.2, 0) is 4.79 Å². The van der Waals surface area contributed by atoms with Crippen LogP contribution < -0.4 is 10.6 Å². The van der Waals surface area contributed by atoms with E-state index < -0.39 is 0 Å². The molecular formula is C16H23N7O2. The highest BCUT2D eigenvalue weighted by molar-refractivity contribution is 5.77. The number of carbonyl (C=O) groups excluding carboxylic acids is 1. The van der Waals surface area contributed by atoms with E-state index in [1.165, 1.54) is 0 Å². The van der Waals surface area contributed by atoms with E-state index in [9.17, 15) is 9.90 Å². The number of likely N-dealkylation sites (tertiary alicyclic amines) is 1. The Morgan fingerprint density at radius 1 is 1.32 bits per heavy atom. The van der Waals surface area contributed by atoms with Gasteiger partial charge in [0.2, 0.25) is 11.9 Å². The van der Waals surface area contributed by atoms with Crippen LogP contribution in [0.2, 0.25) is 0 Å². The zero-order valence-corrected chi connectivity index (χ0v) is 14.1. The summed E-state index contributed by atoms with van der Waals surface area (Å²) in [5.41, 5.74) is 6.76. The molecule has 0 aromatic carbocycles. The van der Waals surface area contributed by atoms with Crippen molar-refractivity contribution in [1.82, 2.24) is 24.5 Å². The van der Waals surface area contributed by atoms with Crippen molar-refractivity contribution in [3.63, 3.8) is 0 Å². The maximum atomic E-state index is 12.1. The number of hydrogen-bond donors (Lipinski definition) is 2. The topological polar surface area (TPSA) is 113 Å². The van der Waals surface area contributed by atoms with Gasteiger partial charge in [-0.3, -0.25) is 9.20 Å². The first-order chi connectivity index (χ1) is 12.1. The Balaban J connectivity index is 1.58. The third-order valence-electron chi connectivity index (χ3n) is 5.41. The van der Waals surface area contributed by atoms with Gasteiger partial charge in [0.15, 0.2) is 5.65 Å². The number of aliphatic hydroxyl groups excluding tert-OH is 1. The summed E-state index contributed by atoms with van der Waals surface area (Å²) in [5, 5.41) is 17.2. The van der Waals surface area contributed by atoms with Gasteiger partial charge in [-0.2, -0.15) is 4.98 Å². The first kappa shape index (κ1) is 16.1. The summed E-state index contributed by atoms with van der Waals surface area (Å²) in [4.78, 5) is 20.6. The molecule has 2 fully saturated rings. The molecule has 2 saturated heterocycles. The summed E-state index contributed by atoms with van der Waals surface area (Å²) < 4.78 is 1.66. The molecular weight excluding hydrogens is 322 g/mol. The third kappa shape index (κ3) is 2.88. The standard InChI is InChI=1S/C16H23N7O2/c17-15-19-12(8-13-20-18-11-23(13)15)21-5-1-3-16(9-21)4-2-14(25)22(10-16)6-7-24/h8,11,24H,1-7,9-10H2,(H2,17,19). The molecule has 1 amide bonds. The molecule has 2 aromatic heterocycles. The predicted molar refractivity (Wildman–Crippen MR) is 92.0 cm³/mol. The Labute approximate surface area is 145 Å². The number of nitrogen functional groups attached to an aromatic ring is 1. The molecule has 2 aliphatic heterocycles. The molecule has 1 atom stereocenters. The number of aromatic nitrogens is 4. The molecule has 2 aromatic rings. The van der Waals surface area contributed by atoms with E-state index in [0.717, 1.165) is 38.2 Å². The number of rotatable bonds is 3. The van der Waals surface area contributed by atoms with Gasteiger partial charge in [0.1, 0.15) is 12.1 Å². The smallest absolute Gasteiger partial charge is 0.222 e. The Hall–Kier alpha value is -2.42. The van der Waals surface area contributed by atoms with Crippen LogP contribution in [0.15, 0.2) is 12.4 Å². The Morgan fingerprint density at radius 3 is 3.04 bits per heavy atom. The van der Waals surface area contributed by atoms with E-state index in [1.54, 1.807) is 15.6 Å². The van der Waals surface area contributed by atoms with E-state index >= 15 is 0 Å². The normalized spacial score (nSPS) is 24.4. The van der Waals surface area contributed by atoms with Gasteiger partial charge >= 0.3 is 0 Å². The van der Waals surface area contributed by atoms with E-state index in [4.69, 9.17) is 5.73 Å². The van der Waals surface area contributed by atoms with Crippen molar-refractivity contribution in [3.05, 3.63) is 12.4 Å². The predicted octanol–water partition coefficient (Wildman–Crippen LogP) is -0.0922. The molecule has 4 heterocycles. The maximum Gasteiger partial charge on any atom is 0.222 e. The summed E-state index contributed by atoms with van der Waals surface area (Å²) in [6.45, 7) is 2.86. The van der Waals surface area contributed by atoms with Gasteiger partial charge < -0.3 is 20.6 Å². The molecule has 1 spiro atoms. The molecule has 9 heteroatoms. The molecule has 1 unspecified atom stereocenters. The van der Waals surface area contributed by atoms with Crippen molar-refractivity contribution in [3.8, 4) is 0 Å². The average molecular weight is 345 g/mol. The molecule has 0 aliphatic carbocycles. The van der Waals surface area contributed by atoms with Crippen LogP contribution in [0, 0.1) is 5.41 Å². The fraction of sp³-hybridized carbons (Fsp3) is 0.625. The zero-order valence-electron chi connectivity index (χ0n) is 14.1. The van der Waals surface area contributed by atoms with Crippen molar-refractivity contribution in [2.45, 2.75) is 25.7 Å². The number of fused-ring (bicyclic) bond motifs is 1. The van der Waals surface area contributed by atoms with Gasteiger partial charge in [0, 0.05) is 44.1 Å². The molecule has 0 saturated carbocycles. The lowest BCUT2D eigenvalue weighted by molar-refractivity contribution is -0.138. The second-order valence-corrected chi connectivity index (χ2v) is 7.10. The number of nitrogens with zero attached hydrogens (tertiary/aromatic N) is 6. The lowest BCUT2D eigenvalue weighted by atomic mass is 9.73. The van der Waals surface area contributed by atoms with Crippen molar-refractivity contribution >= 4 is 23.3 Å². The monoisotopic (exact) mass is 345 g/mol. The molecule has 0 bridgehead atoms. The summed E-state index contributed by atoms with van der Waals surface area (Å²) in [6.07, 6.45) is 5.11. The number of β-amino-alcohol motifs (C(OH)–C–C–N with tert-alkyl or cyclic N) is 1. The minimum atomic E-state index is 0.00712. The lowest BCUT2D eigenvalue weighted by Gasteiger charge is -2.48. The van der Waals surface area contributed by atoms with Crippen LogP contribution >= 0.6 is 0 Å². The summed E-state index contributed by atoms with van der Waals surface area (Å²) in [6, 6.07) is 1.90. The van der Waals surface area contributed by atoms with E-state index in [1.807, 2.05) is 6.07 Å². The first-order valence-corrected chi connectivity index (χ1v) is 8.70. The van der Waals surface area contributed by atoms with Crippen LogP contribution in [0.25, 0.3) is 5.65 Å². The molecule has 4 rings (SSSR count). The number of carbonyl (C=O) groups is 1. The second-order valence-electron chi connectivity index (χ2n) is 7.10. The second kappa shape index (κ2) is 6.14. The van der Waals surface area contributed by atoms with Crippen molar-refractivity contribution in [2.24, 2.45) is 5.41 Å². The minimum Gasteiger partial charge on any atom is -0.395 e. The molecule has 2 aliphatic rings. The Morgan fingerprint density at radius 2 is 2.20 bits per heavy atom. The van der Waals surface area contributed by atoms with Gasteiger partial charge in [-0.1, -0.05) is 0 Å². The number of anilines is 2. The van der Waals surface area contributed by atoms with Crippen LogP contribution in [0.1, 0.15) is 25.7 Å². The number of nitrogens with two attached hydrogens (primary N) is 1. The SMILES string of the molecule is Nc1nc(N2CCCC3(CCC(=O)N(CCO)C3)C2)cc2nncn12. The van der Waals surface area contributed by atoms with Gasteiger partial charge in [0.25, 0.3) is 0 Å². The number of aliphatic hydroxyl groups is 1. The van der Waals surface area contributed by atoms with Crippen LogP contribution in [0.3, 0.4) is 0 Å². The quantitative estimate of drug-likeness (QED) is 0.799. The first-order valence-electron chi connectivity index (χ1n) is 8.70. The largest absolute Gasteiger partial charge is 0.395 e. The summed E-state index contributed by atoms with van der Waals surface area (Å²) >= 11 is 0. The fourth-order valence-corrected chi connectivity index (χ4v) is 4.16. The average Bonchev–Trinajstić information content (AvgIpc) is 3.08. The Kier molecular flexibility index (Phi) is 3.95. The summed E-state index contributed by atoms with van der Waals surface area (Å²) in [7, 11) is 0. The highest BCUT2D eigenvalue weighted by Gasteiger charge is 2.41. The van der Waals surface area contributed by atoms with Gasteiger partial charge in [-0.25, -0.2) is 0 Å².